The number of ether oxygens (including phenoxy) is 2. The molecule has 0 saturated carbocycles. The minimum Gasteiger partial charge on any atom is -0.467 e. The maximum absolute atomic E-state index is 13.2. The standard InChI is InChI=1S/C31H35N7O5/c1-4-6-11-25-32-24-16-17-37(26(39)18-27(40)43-5-2)29(31(41)42-3)28(24)38(25)19-20-12-14-21(15-13-20)22-9-7-8-10-23(22)30-33-35-36-34-30/h7-10,12-15,29H,4-6,11,16-19H2,1-3H3,(H,33,34,35,36). The minimum atomic E-state index is -1.01. The van der Waals surface area contributed by atoms with Gasteiger partial charge in [0, 0.05) is 31.5 Å². The first-order valence-electron chi connectivity index (χ1n) is 14.5. The van der Waals surface area contributed by atoms with E-state index in [1.165, 1.54) is 12.0 Å². The fourth-order valence-corrected chi connectivity index (χ4v) is 5.51. The number of benzene rings is 2. The van der Waals surface area contributed by atoms with Gasteiger partial charge in [-0.2, -0.15) is 0 Å². The molecular formula is C31H35N7O5. The number of nitrogens with zero attached hydrogens (tertiary/aromatic N) is 6. The molecule has 1 aliphatic rings. The number of fused-ring (bicyclic) bond motifs is 1. The van der Waals surface area contributed by atoms with Gasteiger partial charge in [-0.15, -0.1) is 5.10 Å². The summed E-state index contributed by atoms with van der Waals surface area (Å²) in [5.41, 5.74) is 5.27. The Kier molecular flexibility index (Phi) is 9.23. The molecule has 5 rings (SSSR count). The zero-order valence-corrected chi connectivity index (χ0v) is 24.6. The number of esters is 2. The predicted molar refractivity (Wildman–Crippen MR) is 156 cm³/mol. The molecule has 1 unspecified atom stereocenters. The lowest BCUT2D eigenvalue weighted by atomic mass is 9.98. The molecule has 1 amide bonds. The van der Waals surface area contributed by atoms with Crippen LogP contribution in [0.3, 0.4) is 0 Å². The lowest BCUT2D eigenvalue weighted by Gasteiger charge is -2.34. The number of H-pyrrole nitrogens is 1. The third kappa shape index (κ3) is 6.32. The van der Waals surface area contributed by atoms with Crippen LogP contribution in [0, 0.1) is 0 Å². The predicted octanol–water partition coefficient (Wildman–Crippen LogP) is 3.67. The van der Waals surface area contributed by atoms with Crippen LogP contribution >= 0.6 is 0 Å². The lowest BCUT2D eigenvalue weighted by Crippen LogP contribution is -2.45. The number of hydrogen-bond donors (Lipinski definition) is 1. The van der Waals surface area contributed by atoms with Crippen molar-refractivity contribution >= 4 is 17.8 Å². The summed E-state index contributed by atoms with van der Waals surface area (Å²) >= 11 is 0. The van der Waals surface area contributed by atoms with Crippen LogP contribution in [0.15, 0.2) is 48.5 Å². The molecule has 2 aromatic heterocycles. The van der Waals surface area contributed by atoms with Crippen LogP contribution in [0.25, 0.3) is 22.5 Å². The molecule has 0 radical (unpaired) electrons. The highest BCUT2D eigenvalue weighted by Gasteiger charge is 2.41. The van der Waals surface area contributed by atoms with Crippen LogP contribution in [0.1, 0.15) is 61.9 Å². The van der Waals surface area contributed by atoms with Gasteiger partial charge in [0.25, 0.3) is 0 Å². The van der Waals surface area contributed by atoms with E-state index < -0.39 is 30.3 Å². The largest absolute Gasteiger partial charge is 0.467 e. The molecule has 0 bridgehead atoms. The van der Waals surface area contributed by atoms with E-state index in [-0.39, 0.29) is 13.2 Å². The average Bonchev–Trinajstić information content (AvgIpc) is 3.68. The van der Waals surface area contributed by atoms with Crippen LogP contribution < -0.4 is 0 Å². The number of carbonyl (C=O) groups is 3. The number of aromatic amines is 1. The van der Waals surface area contributed by atoms with Crippen molar-refractivity contribution in [2.45, 2.75) is 58.5 Å². The molecule has 4 aromatic rings. The van der Waals surface area contributed by atoms with Crippen molar-refractivity contribution < 1.29 is 23.9 Å². The van der Waals surface area contributed by atoms with Gasteiger partial charge in [-0.25, -0.2) is 14.9 Å². The van der Waals surface area contributed by atoms with Gasteiger partial charge in [0.1, 0.15) is 12.2 Å². The van der Waals surface area contributed by atoms with Gasteiger partial charge in [-0.05, 0) is 40.5 Å². The highest BCUT2D eigenvalue weighted by atomic mass is 16.5. The van der Waals surface area contributed by atoms with Crippen LogP contribution in [0.4, 0.5) is 0 Å². The second-order valence-corrected chi connectivity index (χ2v) is 10.3. The molecule has 1 atom stereocenters. The van der Waals surface area contributed by atoms with Crippen molar-refractivity contribution in [2.75, 3.05) is 20.3 Å². The Bertz CT molecular complexity index is 1580. The van der Waals surface area contributed by atoms with E-state index in [0.717, 1.165) is 53.0 Å². The van der Waals surface area contributed by atoms with Crippen molar-refractivity contribution in [1.29, 1.82) is 0 Å². The van der Waals surface area contributed by atoms with Gasteiger partial charge in [-0.3, -0.25) is 9.59 Å². The highest BCUT2D eigenvalue weighted by Crippen LogP contribution is 2.34. The number of methoxy groups -OCH3 is 1. The Hall–Kier alpha value is -4.87. The van der Waals surface area contributed by atoms with Gasteiger partial charge >= 0.3 is 11.9 Å². The number of unbranched alkanes of at least 4 members (excludes halogenated alkanes) is 1. The molecule has 12 nitrogen and oxygen atoms in total. The number of hydrogen-bond acceptors (Lipinski definition) is 9. The van der Waals surface area contributed by atoms with E-state index in [4.69, 9.17) is 14.5 Å². The summed E-state index contributed by atoms with van der Waals surface area (Å²) in [5.74, 6) is -0.239. The molecular weight excluding hydrogens is 550 g/mol. The van der Waals surface area contributed by atoms with Gasteiger partial charge in [-0.1, -0.05) is 61.9 Å². The van der Waals surface area contributed by atoms with E-state index in [0.29, 0.717) is 24.5 Å². The van der Waals surface area contributed by atoms with Gasteiger partial charge in [0.15, 0.2) is 11.9 Å². The summed E-state index contributed by atoms with van der Waals surface area (Å²) in [4.78, 5) is 44.9. The Balaban J connectivity index is 1.49. The SMILES string of the molecule is CCCCc1nc2c(n1Cc1ccc(-c3ccccc3-c3nnn[nH]3)cc1)C(C(=O)OC)N(C(=O)CC(=O)OCC)CC2. The zero-order chi connectivity index (χ0) is 30.3. The van der Waals surface area contributed by atoms with Crippen LogP contribution in [0.5, 0.6) is 0 Å². The molecule has 2 aromatic carbocycles. The first-order chi connectivity index (χ1) is 20.9. The highest BCUT2D eigenvalue weighted by molar-refractivity contribution is 5.96. The van der Waals surface area contributed by atoms with Gasteiger partial charge in [0.2, 0.25) is 5.91 Å². The Morgan fingerprint density at radius 1 is 1.05 bits per heavy atom. The maximum Gasteiger partial charge on any atom is 0.334 e. The summed E-state index contributed by atoms with van der Waals surface area (Å²) in [6.07, 6.45) is 2.66. The molecule has 3 heterocycles. The number of rotatable bonds is 11. The number of tetrazole rings is 1. The molecule has 0 saturated heterocycles. The molecule has 43 heavy (non-hydrogen) atoms. The van der Waals surface area contributed by atoms with E-state index >= 15 is 0 Å². The molecule has 1 N–H and O–H groups in total. The van der Waals surface area contributed by atoms with Crippen molar-refractivity contribution in [3.05, 3.63) is 71.3 Å². The summed E-state index contributed by atoms with van der Waals surface area (Å²) in [5, 5.41) is 14.3. The summed E-state index contributed by atoms with van der Waals surface area (Å²) < 4.78 is 12.2. The number of aromatic nitrogens is 6. The quantitative estimate of drug-likeness (QED) is 0.206. The van der Waals surface area contributed by atoms with E-state index in [2.05, 4.69) is 27.5 Å². The minimum absolute atomic E-state index is 0.173. The number of aryl methyl sites for hydroxylation is 1. The topological polar surface area (TPSA) is 145 Å². The number of amides is 1. The number of imidazole rings is 1. The number of nitrogens with one attached hydrogen (secondary N) is 1. The van der Waals surface area contributed by atoms with E-state index in [1.807, 2.05) is 53.1 Å². The Morgan fingerprint density at radius 2 is 1.81 bits per heavy atom. The zero-order valence-electron chi connectivity index (χ0n) is 24.6. The normalized spacial score (nSPS) is 14.3. The van der Waals surface area contributed by atoms with E-state index in [1.54, 1.807) is 6.92 Å². The third-order valence-electron chi connectivity index (χ3n) is 7.56. The summed E-state index contributed by atoms with van der Waals surface area (Å²) in [6, 6.07) is 15.0. The summed E-state index contributed by atoms with van der Waals surface area (Å²) in [6.45, 7) is 4.67. The third-order valence-corrected chi connectivity index (χ3v) is 7.56. The first-order valence-corrected chi connectivity index (χ1v) is 14.5. The molecule has 0 fully saturated rings. The van der Waals surface area contributed by atoms with Gasteiger partial charge < -0.3 is 18.9 Å². The number of carbonyl (C=O) groups excluding carboxylic acids is 3. The second-order valence-electron chi connectivity index (χ2n) is 10.3. The molecule has 0 spiro atoms. The van der Waals surface area contributed by atoms with Crippen LogP contribution in [-0.2, 0) is 43.2 Å². The Labute approximate surface area is 249 Å². The Morgan fingerprint density at radius 3 is 2.49 bits per heavy atom. The summed E-state index contributed by atoms with van der Waals surface area (Å²) in [7, 11) is 1.30. The lowest BCUT2D eigenvalue weighted by molar-refractivity contribution is -0.157. The van der Waals surface area contributed by atoms with Crippen molar-refractivity contribution in [3.63, 3.8) is 0 Å². The fraction of sp³-hybridized carbons (Fsp3) is 0.387. The second kappa shape index (κ2) is 13.4. The fourth-order valence-electron chi connectivity index (χ4n) is 5.51. The molecule has 224 valence electrons. The van der Waals surface area contributed by atoms with Crippen molar-refractivity contribution in [3.8, 4) is 22.5 Å². The van der Waals surface area contributed by atoms with Crippen molar-refractivity contribution in [2.24, 2.45) is 0 Å². The van der Waals surface area contributed by atoms with Crippen LogP contribution in [0.2, 0.25) is 0 Å². The maximum atomic E-state index is 13.2. The van der Waals surface area contributed by atoms with Crippen molar-refractivity contribution in [1.82, 2.24) is 35.1 Å². The smallest absolute Gasteiger partial charge is 0.334 e. The van der Waals surface area contributed by atoms with Crippen LogP contribution in [-0.4, -0.2) is 73.2 Å². The van der Waals surface area contributed by atoms with E-state index in [9.17, 15) is 14.4 Å². The first kappa shape index (κ1) is 29.6. The molecule has 12 heteroatoms. The monoisotopic (exact) mass is 585 g/mol. The molecule has 1 aliphatic heterocycles. The average molecular weight is 586 g/mol. The van der Waals surface area contributed by atoms with Gasteiger partial charge in [0.05, 0.1) is 25.1 Å². The molecule has 0 aliphatic carbocycles.